The standard InChI is InChI=1S/C15H22FN/c1-4-7-17-15(13-9-10(13)2)12-5-6-14(16)11(3)8-12/h5-6,8,10,13,15,17H,4,7,9H2,1-3H3. The molecule has 0 spiro atoms. The SMILES string of the molecule is CCCNC(c1ccc(F)c(C)c1)C1CC1C. The van der Waals surface area contributed by atoms with Crippen LogP contribution in [0.15, 0.2) is 18.2 Å². The van der Waals surface area contributed by atoms with E-state index in [1.165, 1.54) is 12.0 Å². The van der Waals surface area contributed by atoms with Crippen LogP contribution < -0.4 is 5.32 Å². The van der Waals surface area contributed by atoms with Crippen LogP contribution in [0.5, 0.6) is 0 Å². The van der Waals surface area contributed by atoms with Gasteiger partial charge in [-0.1, -0.05) is 26.0 Å². The summed E-state index contributed by atoms with van der Waals surface area (Å²) in [5, 5.41) is 3.60. The Kier molecular flexibility index (Phi) is 3.82. The van der Waals surface area contributed by atoms with Gasteiger partial charge in [-0.2, -0.15) is 0 Å². The van der Waals surface area contributed by atoms with Gasteiger partial charge < -0.3 is 5.32 Å². The highest BCUT2D eigenvalue weighted by molar-refractivity contribution is 5.28. The van der Waals surface area contributed by atoms with E-state index in [1.54, 1.807) is 6.07 Å². The summed E-state index contributed by atoms with van der Waals surface area (Å²) in [5.41, 5.74) is 1.99. The molecule has 0 radical (unpaired) electrons. The van der Waals surface area contributed by atoms with Gasteiger partial charge in [0.05, 0.1) is 0 Å². The molecule has 1 aromatic rings. The second kappa shape index (κ2) is 5.18. The van der Waals surface area contributed by atoms with Gasteiger partial charge in [-0.3, -0.25) is 0 Å². The van der Waals surface area contributed by atoms with Gasteiger partial charge in [-0.25, -0.2) is 4.39 Å². The van der Waals surface area contributed by atoms with E-state index >= 15 is 0 Å². The van der Waals surface area contributed by atoms with Gasteiger partial charge in [0.25, 0.3) is 0 Å². The van der Waals surface area contributed by atoms with Crippen molar-refractivity contribution in [2.24, 2.45) is 11.8 Å². The van der Waals surface area contributed by atoms with E-state index in [1.807, 2.05) is 19.1 Å². The predicted octanol–water partition coefficient (Wildman–Crippen LogP) is 3.83. The normalized spacial score (nSPS) is 24.7. The average Bonchev–Trinajstić information content (AvgIpc) is 3.01. The number of aryl methyl sites for hydroxylation is 1. The molecule has 1 aliphatic carbocycles. The number of benzene rings is 1. The summed E-state index contributed by atoms with van der Waals surface area (Å²) in [6, 6.07) is 5.93. The molecule has 17 heavy (non-hydrogen) atoms. The van der Waals surface area contributed by atoms with Crippen molar-refractivity contribution in [1.29, 1.82) is 0 Å². The van der Waals surface area contributed by atoms with Crippen molar-refractivity contribution >= 4 is 0 Å². The van der Waals surface area contributed by atoms with Crippen molar-refractivity contribution in [1.82, 2.24) is 5.32 Å². The van der Waals surface area contributed by atoms with E-state index < -0.39 is 0 Å². The number of hydrogen-bond acceptors (Lipinski definition) is 1. The van der Waals surface area contributed by atoms with Gasteiger partial charge in [-0.15, -0.1) is 0 Å². The maximum Gasteiger partial charge on any atom is 0.126 e. The molecule has 1 fully saturated rings. The Morgan fingerprint density at radius 3 is 2.71 bits per heavy atom. The Hall–Kier alpha value is -0.890. The summed E-state index contributed by atoms with van der Waals surface area (Å²) in [6.07, 6.45) is 2.43. The van der Waals surface area contributed by atoms with Crippen LogP contribution in [0.2, 0.25) is 0 Å². The van der Waals surface area contributed by atoms with Crippen molar-refractivity contribution in [3.63, 3.8) is 0 Å². The number of hydrogen-bond donors (Lipinski definition) is 1. The summed E-state index contributed by atoms with van der Waals surface area (Å²) in [4.78, 5) is 0. The van der Waals surface area contributed by atoms with E-state index in [4.69, 9.17) is 0 Å². The molecule has 1 nitrogen and oxygen atoms in total. The van der Waals surface area contributed by atoms with Crippen molar-refractivity contribution in [3.8, 4) is 0 Å². The Labute approximate surface area is 103 Å². The molecule has 1 saturated carbocycles. The lowest BCUT2D eigenvalue weighted by Crippen LogP contribution is -2.24. The molecule has 1 N–H and O–H groups in total. The zero-order valence-corrected chi connectivity index (χ0v) is 11.0. The monoisotopic (exact) mass is 235 g/mol. The summed E-state index contributed by atoms with van der Waals surface area (Å²) >= 11 is 0. The first-order valence-electron chi connectivity index (χ1n) is 6.63. The number of rotatable bonds is 5. The molecule has 0 saturated heterocycles. The number of nitrogens with one attached hydrogen (secondary N) is 1. The van der Waals surface area contributed by atoms with Crippen LogP contribution in [-0.2, 0) is 0 Å². The fraction of sp³-hybridized carbons (Fsp3) is 0.600. The molecule has 3 atom stereocenters. The van der Waals surface area contributed by atoms with Crippen LogP contribution in [0.4, 0.5) is 4.39 Å². The van der Waals surface area contributed by atoms with E-state index in [0.717, 1.165) is 30.4 Å². The molecule has 0 aliphatic heterocycles. The van der Waals surface area contributed by atoms with Crippen LogP contribution in [0.25, 0.3) is 0 Å². The lowest BCUT2D eigenvalue weighted by Gasteiger charge is -2.19. The molecule has 0 amide bonds. The number of halogens is 1. The highest BCUT2D eigenvalue weighted by Crippen LogP contribution is 2.47. The molecule has 2 rings (SSSR count). The summed E-state index contributed by atoms with van der Waals surface area (Å²) in [5.74, 6) is 1.42. The van der Waals surface area contributed by atoms with E-state index in [2.05, 4.69) is 19.2 Å². The maximum atomic E-state index is 13.3. The van der Waals surface area contributed by atoms with E-state index in [0.29, 0.717) is 6.04 Å². The van der Waals surface area contributed by atoms with E-state index in [-0.39, 0.29) is 5.82 Å². The molecule has 0 heterocycles. The molecule has 94 valence electrons. The van der Waals surface area contributed by atoms with Crippen molar-refractivity contribution in [3.05, 3.63) is 35.1 Å². The van der Waals surface area contributed by atoms with Crippen LogP contribution in [-0.4, -0.2) is 6.54 Å². The minimum atomic E-state index is -0.105. The maximum absolute atomic E-state index is 13.3. The lowest BCUT2D eigenvalue weighted by atomic mass is 9.99. The first kappa shape index (κ1) is 12.6. The minimum Gasteiger partial charge on any atom is -0.310 e. The molecular weight excluding hydrogens is 213 g/mol. The third kappa shape index (κ3) is 2.86. The van der Waals surface area contributed by atoms with Crippen LogP contribution in [0, 0.1) is 24.6 Å². The summed E-state index contributed by atoms with van der Waals surface area (Å²) in [6.45, 7) is 7.34. The molecule has 1 aromatic carbocycles. The van der Waals surface area contributed by atoms with Gasteiger partial charge >= 0.3 is 0 Å². The third-order valence-corrected chi connectivity index (χ3v) is 3.76. The fourth-order valence-corrected chi connectivity index (χ4v) is 2.49. The Morgan fingerprint density at radius 1 is 1.47 bits per heavy atom. The zero-order valence-electron chi connectivity index (χ0n) is 11.0. The van der Waals surface area contributed by atoms with Crippen LogP contribution in [0.1, 0.15) is 43.9 Å². The first-order chi connectivity index (χ1) is 8.13. The molecule has 1 aliphatic rings. The molecule has 2 heteroatoms. The Bertz CT molecular complexity index is 389. The topological polar surface area (TPSA) is 12.0 Å². The fourth-order valence-electron chi connectivity index (χ4n) is 2.49. The lowest BCUT2D eigenvalue weighted by molar-refractivity contribution is 0.462. The second-order valence-corrected chi connectivity index (χ2v) is 5.32. The van der Waals surface area contributed by atoms with Crippen molar-refractivity contribution in [2.45, 2.75) is 39.7 Å². The van der Waals surface area contributed by atoms with E-state index in [9.17, 15) is 4.39 Å². The molecule has 3 unspecified atom stereocenters. The predicted molar refractivity (Wildman–Crippen MR) is 69.4 cm³/mol. The summed E-state index contributed by atoms with van der Waals surface area (Å²) < 4.78 is 13.3. The highest BCUT2D eigenvalue weighted by atomic mass is 19.1. The van der Waals surface area contributed by atoms with Crippen molar-refractivity contribution < 1.29 is 4.39 Å². The molecule has 0 bridgehead atoms. The third-order valence-electron chi connectivity index (χ3n) is 3.76. The van der Waals surface area contributed by atoms with Gasteiger partial charge in [0.2, 0.25) is 0 Å². The van der Waals surface area contributed by atoms with Crippen molar-refractivity contribution in [2.75, 3.05) is 6.54 Å². The average molecular weight is 235 g/mol. The second-order valence-electron chi connectivity index (χ2n) is 5.32. The Balaban J connectivity index is 2.16. The first-order valence-corrected chi connectivity index (χ1v) is 6.63. The molecular formula is C15H22FN. The largest absolute Gasteiger partial charge is 0.310 e. The van der Waals surface area contributed by atoms with Gasteiger partial charge in [0.15, 0.2) is 0 Å². The van der Waals surface area contributed by atoms with Gasteiger partial charge in [0, 0.05) is 6.04 Å². The van der Waals surface area contributed by atoms with Crippen LogP contribution >= 0.6 is 0 Å². The minimum absolute atomic E-state index is 0.105. The summed E-state index contributed by atoms with van der Waals surface area (Å²) in [7, 11) is 0. The van der Waals surface area contributed by atoms with Crippen LogP contribution in [0.3, 0.4) is 0 Å². The quantitative estimate of drug-likeness (QED) is 0.818. The smallest absolute Gasteiger partial charge is 0.126 e. The van der Waals surface area contributed by atoms with Gasteiger partial charge in [0.1, 0.15) is 5.82 Å². The Morgan fingerprint density at radius 2 is 2.18 bits per heavy atom. The van der Waals surface area contributed by atoms with Gasteiger partial charge in [-0.05, 0) is 55.3 Å². The highest BCUT2D eigenvalue weighted by Gasteiger charge is 2.39. The zero-order chi connectivity index (χ0) is 12.4. The molecule has 0 aromatic heterocycles.